The molecular formula is C14H23NO4S. The van der Waals surface area contributed by atoms with Crippen LogP contribution in [0.3, 0.4) is 0 Å². The number of esters is 1. The van der Waals surface area contributed by atoms with E-state index in [1.165, 1.54) is 0 Å². The monoisotopic (exact) mass is 301 g/mol. The molecular weight excluding hydrogens is 278 g/mol. The molecule has 0 aromatic carbocycles. The first kappa shape index (κ1) is 18.7. The Balaban J connectivity index is 4.71. The Morgan fingerprint density at radius 1 is 1.35 bits per heavy atom. The summed E-state index contributed by atoms with van der Waals surface area (Å²) in [6.07, 6.45) is 3.93. The summed E-state index contributed by atoms with van der Waals surface area (Å²) in [5.41, 5.74) is -0.663. The summed E-state index contributed by atoms with van der Waals surface area (Å²) in [4.78, 5) is 35.1. The molecule has 0 aliphatic carbocycles. The van der Waals surface area contributed by atoms with Gasteiger partial charge in [-0.3, -0.25) is 9.59 Å². The van der Waals surface area contributed by atoms with E-state index in [0.29, 0.717) is 6.42 Å². The molecule has 0 fully saturated rings. The smallest absolute Gasteiger partial charge is 0.329 e. The van der Waals surface area contributed by atoms with E-state index < -0.39 is 17.6 Å². The van der Waals surface area contributed by atoms with Gasteiger partial charge in [0.05, 0.1) is 0 Å². The van der Waals surface area contributed by atoms with Crippen molar-refractivity contribution in [2.45, 2.75) is 51.7 Å². The van der Waals surface area contributed by atoms with Crippen molar-refractivity contribution in [3.8, 4) is 0 Å². The molecule has 0 aromatic rings. The fraction of sp³-hybridized carbons (Fsp3) is 0.643. The molecule has 1 N–H and O–H groups in total. The van der Waals surface area contributed by atoms with E-state index in [1.54, 1.807) is 33.1 Å². The second kappa shape index (κ2) is 8.79. The van der Waals surface area contributed by atoms with Crippen LogP contribution < -0.4 is 5.32 Å². The zero-order valence-corrected chi connectivity index (χ0v) is 13.3. The van der Waals surface area contributed by atoms with E-state index in [9.17, 15) is 14.4 Å². The highest BCUT2D eigenvalue weighted by molar-refractivity contribution is 8.13. The van der Waals surface area contributed by atoms with Crippen LogP contribution >= 0.6 is 11.8 Å². The Bertz CT molecular complexity index is 374. The van der Waals surface area contributed by atoms with Gasteiger partial charge in [-0.15, -0.1) is 6.58 Å². The fourth-order valence-corrected chi connectivity index (χ4v) is 1.65. The first-order chi connectivity index (χ1) is 9.19. The molecule has 114 valence electrons. The maximum atomic E-state index is 12.0. The molecule has 20 heavy (non-hydrogen) atoms. The molecule has 1 atom stereocenters. The number of hydrogen-bond acceptors (Lipinski definition) is 5. The van der Waals surface area contributed by atoms with Gasteiger partial charge >= 0.3 is 5.97 Å². The van der Waals surface area contributed by atoms with Crippen molar-refractivity contribution in [2.75, 3.05) is 6.26 Å². The van der Waals surface area contributed by atoms with Gasteiger partial charge in [-0.25, -0.2) is 4.79 Å². The van der Waals surface area contributed by atoms with Gasteiger partial charge < -0.3 is 10.1 Å². The first-order valence-electron chi connectivity index (χ1n) is 6.39. The van der Waals surface area contributed by atoms with Crippen LogP contribution in [-0.4, -0.2) is 34.9 Å². The van der Waals surface area contributed by atoms with Crippen LogP contribution in [0.2, 0.25) is 0 Å². The molecule has 0 spiro atoms. The second-order valence-electron chi connectivity index (χ2n) is 5.26. The van der Waals surface area contributed by atoms with E-state index in [-0.39, 0.29) is 23.9 Å². The summed E-state index contributed by atoms with van der Waals surface area (Å²) in [6.45, 7) is 8.73. The highest BCUT2D eigenvalue weighted by Crippen LogP contribution is 2.12. The first-order valence-corrected chi connectivity index (χ1v) is 7.62. The van der Waals surface area contributed by atoms with E-state index in [1.807, 2.05) is 0 Å². The average molecular weight is 301 g/mol. The van der Waals surface area contributed by atoms with Crippen LogP contribution in [0.25, 0.3) is 0 Å². The Morgan fingerprint density at radius 3 is 2.40 bits per heavy atom. The van der Waals surface area contributed by atoms with Gasteiger partial charge in [0, 0.05) is 12.8 Å². The molecule has 0 heterocycles. The number of carbonyl (C=O) groups is 3. The van der Waals surface area contributed by atoms with Crippen molar-refractivity contribution in [3.05, 3.63) is 12.7 Å². The van der Waals surface area contributed by atoms with Gasteiger partial charge in [0.25, 0.3) is 0 Å². The van der Waals surface area contributed by atoms with Crippen molar-refractivity contribution in [1.82, 2.24) is 5.32 Å². The molecule has 0 aliphatic heterocycles. The number of ether oxygens (including phenoxy) is 1. The predicted molar refractivity (Wildman–Crippen MR) is 80.3 cm³/mol. The third kappa shape index (κ3) is 8.74. The largest absolute Gasteiger partial charge is 0.458 e. The van der Waals surface area contributed by atoms with Crippen molar-refractivity contribution in [3.63, 3.8) is 0 Å². The number of carbonyl (C=O) groups excluding carboxylic acids is 3. The zero-order valence-electron chi connectivity index (χ0n) is 12.5. The molecule has 0 rings (SSSR count). The highest BCUT2D eigenvalue weighted by atomic mass is 32.2. The predicted octanol–water partition coefficient (Wildman–Crippen LogP) is 2.06. The minimum atomic E-state index is -0.938. The van der Waals surface area contributed by atoms with Crippen LogP contribution in [0.15, 0.2) is 12.7 Å². The van der Waals surface area contributed by atoms with Crippen LogP contribution in [0, 0.1) is 0 Å². The summed E-state index contributed by atoms with van der Waals surface area (Å²) in [6, 6.07) is -0.938. The number of thioether (sulfide) groups is 1. The van der Waals surface area contributed by atoms with Crippen LogP contribution in [0.1, 0.15) is 40.0 Å². The lowest BCUT2D eigenvalue weighted by molar-refractivity contribution is -0.159. The molecule has 0 aliphatic rings. The maximum absolute atomic E-state index is 12.0. The van der Waals surface area contributed by atoms with Gasteiger partial charge in [-0.1, -0.05) is 17.8 Å². The van der Waals surface area contributed by atoms with Gasteiger partial charge in [0.15, 0.2) is 5.12 Å². The number of nitrogens with one attached hydrogen (secondary N) is 1. The molecule has 6 heteroatoms. The van der Waals surface area contributed by atoms with Gasteiger partial charge in [0.2, 0.25) is 5.91 Å². The van der Waals surface area contributed by atoms with Crippen molar-refractivity contribution < 1.29 is 19.1 Å². The third-order valence-electron chi connectivity index (χ3n) is 2.20. The van der Waals surface area contributed by atoms with E-state index in [2.05, 4.69) is 11.9 Å². The molecule has 0 bridgehead atoms. The lowest BCUT2D eigenvalue weighted by atomic mass is 10.1. The molecule has 0 aromatic heterocycles. The molecule has 0 saturated carbocycles. The van der Waals surface area contributed by atoms with E-state index in [4.69, 9.17) is 4.74 Å². The van der Waals surface area contributed by atoms with Crippen molar-refractivity contribution in [1.29, 1.82) is 0 Å². The fourth-order valence-electron chi connectivity index (χ4n) is 1.32. The number of hydrogen-bond donors (Lipinski definition) is 1. The third-order valence-corrected chi connectivity index (χ3v) is 2.82. The Morgan fingerprint density at radius 2 is 1.95 bits per heavy atom. The number of allylic oxidation sites excluding steroid dienone is 1. The standard InChI is InChI=1S/C14H23NO4S/c1-6-7-8-11(16)15-10(9-12(17)20-5)13(18)19-14(2,3)4/h6,10H,1,7-9H2,2-5H3,(H,15,16)/t10-/m0/s1. The summed E-state index contributed by atoms with van der Waals surface area (Å²) in [7, 11) is 0. The van der Waals surface area contributed by atoms with Crippen molar-refractivity contribution >= 4 is 28.8 Å². The minimum absolute atomic E-state index is 0.0735. The summed E-state index contributed by atoms with van der Waals surface area (Å²) in [5, 5.41) is 2.37. The molecule has 5 nitrogen and oxygen atoms in total. The van der Waals surface area contributed by atoms with Crippen molar-refractivity contribution in [2.24, 2.45) is 0 Å². The Hall–Kier alpha value is -1.30. The van der Waals surface area contributed by atoms with E-state index in [0.717, 1.165) is 11.8 Å². The molecule has 0 unspecified atom stereocenters. The lowest BCUT2D eigenvalue weighted by Gasteiger charge is -2.24. The summed E-state index contributed by atoms with van der Waals surface area (Å²) < 4.78 is 5.22. The Kier molecular flexibility index (Phi) is 8.22. The number of amides is 1. The highest BCUT2D eigenvalue weighted by Gasteiger charge is 2.28. The van der Waals surface area contributed by atoms with Gasteiger partial charge in [0.1, 0.15) is 11.6 Å². The lowest BCUT2D eigenvalue weighted by Crippen LogP contribution is -2.45. The summed E-state index contributed by atoms with van der Waals surface area (Å²) >= 11 is 1.02. The van der Waals surface area contributed by atoms with E-state index >= 15 is 0 Å². The van der Waals surface area contributed by atoms with Gasteiger partial charge in [-0.05, 0) is 33.4 Å². The molecule has 1 amide bonds. The SMILES string of the molecule is C=CCCC(=O)N[C@@H](CC(=O)SC)C(=O)OC(C)(C)C. The zero-order chi connectivity index (χ0) is 15.8. The van der Waals surface area contributed by atoms with Crippen LogP contribution in [-0.2, 0) is 19.1 Å². The second-order valence-corrected chi connectivity index (χ2v) is 6.12. The number of rotatable bonds is 7. The van der Waals surface area contributed by atoms with Crippen LogP contribution in [0.4, 0.5) is 0 Å². The minimum Gasteiger partial charge on any atom is -0.458 e. The van der Waals surface area contributed by atoms with Gasteiger partial charge in [-0.2, -0.15) is 0 Å². The summed E-state index contributed by atoms with van der Waals surface area (Å²) in [5.74, 6) is -0.887. The maximum Gasteiger partial charge on any atom is 0.329 e. The quantitative estimate of drug-likeness (QED) is 0.575. The normalized spacial score (nSPS) is 12.4. The topological polar surface area (TPSA) is 72.5 Å². The van der Waals surface area contributed by atoms with Crippen LogP contribution in [0.5, 0.6) is 0 Å². The molecule has 0 saturated heterocycles. The Labute approximate surface area is 124 Å². The average Bonchev–Trinajstić information content (AvgIpc) is 2.33. The molecule has 0 radical (unpaired) electrons.